The van der Waals surface area contributed by atoms with Gasteiger partial charge in [-0.3, -0.25) is 0 Å². The molecule has 158 valence electrons. The van der Waals surface area contributed by atoms with Crippen LogP contribution in [0.5, 0.6) is 5.75 Å². The van der Waals surface area contributed by atoms with Crippen LogP contribution in [-0.4, -0.2) is 17.3 Å². The summed E-state index contributed by atoms with van der Waals surface area (Å²) < 4.78 is 10.7. The highest BCUT2D eigenvalue weighted by molar-refractivity contribution is 5.60. The van der Waals surface area contributed by atoms with Crippen LogP contribution in [0.2, 0.25) is 0 Å². The van der Waals surface area contributed by atoms with Gasteiger partial charge < -0.3 is 9.26 Å². The first kappa shape index (κ1) is 20.6. The summed E-state index contributed by atoms with van der Waals surface area (Å²) >= 11 is 0. The Bertz CT molecular complexity index is 907. The summed E-state index contributed by atoms with van der Waals surface area (Å²) in [5, 5.41) is 4.14. The van der Waals surface area contributed by atoms with Crippen LogP contribution in [-0.2, 0) is 0 Å². The number of ether oxygens (including phenoxy) is 1. The van der Waals surface area contributed by atoms with E-state index in [1.165, 1.54) is 56.9 Å². The van der Waals surface area contributed by atoms with Crippen molar-refractivity contribution in [1.29, 1.82) is 0 Å². The zero-order valence-corrected chi connectivity index (χ0v) is 18.1. The van der Waals surface area contributed by atoms with Gasteiger partial charge in [0.25, 0.3) is 5.89 Å². The highest BCUT2D eigenvalue weighted by Gasteiger charge is 2.22. The molecule has 0 amide bonds. The van der Waals surface area contributed by atoms with Crippen molar-refractivity contribution in [2.24, 2.45) is 5.92 Å². The minimum Gasteiger partial charge on any atom is -0.497 e. The Morgan fingerprint density at radius 3 is 2.27 bits per heavy atom. The lowest BCUT2D eigenvalue weighted by atomic mass is 9.77. The normalized spacial score (nSPS) is 19.0. The number of unbranched alkanes of at least 4 members (excludes halogenated alkanes) is 2. The van der Waals surface area contributed by atoms with E-state index in [-0.39, 0.29) is 0 Å². The maximum atomic E-state index is 5.52. The van der Waals surface area contributed by atoms with Gasteiger partial charge in [-0.1, -0.05) is 49.9 Å². The van der Waals surface area contributed by atoms with E-state index in [2.05, 4.69) is 41.3 Å². The molecule has 1 aromatic heterocycles. The molecule has 4 nitrogen and oxygen atoms in total. The molecule has 0 N–H and O–H groups in total. The summed E-state index contributed by atoms with van der Waals surface area (Å²) in [6.45, 7) is 2.29. The predicted molar refractivity (Wildman–Crippen MR) is 121 cm³/mol. The van der Waals surface area contributed by atoms with E-state index in [0.29, 0.717) is 17.6 Å². The van der Waals surface area contributed by atoms with Crippen LogP contribution in [0.15, 0.2) is 53.1 Å². The Labute approximate surface area is 179 Å². The minimum absolute atomic E-state index is 0.562. The van der Waals surface area contributed by atoms with Crippen molar-refractivity contribution in [3.8, 4) is 28.6 Å². The van der Waals surface area contributed by atoms with Crippen molar-refractivity contribution in [2.75, 3.05) is 7.11 Å². The van der Waals surface area contributed by atoms with Gasteiger partial charge in [0.2, 0.25) is 5.82 Å². The van der Waals surface area contributed by atoms with E-state index < -0.39 is 0 Å². The molecule has 30 heavy (non-hydrogen) atoms. The standard InChI is InChI=1S/C26H32N2O2/c1-3-4-5-6-19-7-9-20(10-8-19)21-11-13-23(14-12-21)26-27-25(28-30-26)22-15-17-24(29-2)18-16-22/h11-20H,3-10H2,1-2H3. The molecule has 1 heterocycles. The van der Waals surface area contributed by atoms with Crippen molar-refractivity contribution in [3.05, 3.63) is 54.1 Å². The second-order valence-electron chi connectivity index (χ2n) is 8.49. The summed E-state index contributed by atoms with van der Waals surface area (Å²) in [6.07, 6.45) is 10.9. The molecule has 0 spiro atoms. The van der Waals surface area contributed by atoms with E-state index in [0.717, 1.165) is 22.8 Å². The third kappa shape index (κ3) is 4.92. The first-order valence-electron chi connectivity index (χ1n) is 11.3. The lowest BCUT2D eigenvalue weighted by Crippen LogP contribution is -2.13. The van der Waals surface area contributed by atoms with Crippen molar-refractivity contribution in [3.63, 3.8) is 0 Å². The first-order valence-corrected chi connectivity index (χ1v) is 11.3. The van der Waals surface area contributed by atoms with Gasteiger partial charge in [-0.15, -0.1) is 0 Å². The molecule has 0 radical (unpaired) electrons. The smallest absolute Gasteiger partial charge is 0.258 e. The molecule has 4 heteroatoms. The molecule has 0 aliphatic heterocycles. The topological polar surface area (TPSA) is 48.2 Å². The third-order valence-electron chi connectivity index (χ3n) is 6.47. The van der Waals surface area contributed by atoms with Gasteiger partial charge >= 0.3 is 0 Å². The molecule has 3 aromatic rings. The van der Waals surface area contributed by atoms with Crippen LogP contribution in [0.4, 0.5) is 0 Å². The van der Waals surface area contributed by atoms with Gasteiger partial charge in [0.1, 0.15) is 5.75 Å². The Balaban J connectivity index is 1.37. The summed E-state index contributed by atoms with van der Waals surface area (Å²) in [6, 6.07) is 16.4. The zero-order valence-electron chi connectivity index (χ0n) is 18.1. The quantitative estimate of drug-likeness (QED) is 0.370. The summed E-state index contributed by atoms with van der Waals surface area (Å²) in [5.74, 6) is 3.61. The van der Waals surface area contributed by atoms with Gasteiger partial charge in [-0.05, 0) is 79.5 Å². The average Bonchev–Trinajstić information content (AvgIpc) is 3.30. The summed E-state index contributed by atoms with van der Waals surface area (Å²) in [4.78, 5) is 4.58. The Kier molecular flexibility index (Phi) is 6.83. The number of methoxy groups -OCH3 is 1. The molecule has 0 unspecified atom stereocenters. The van der Waals surface area contributed by atoms with E-state index in [4.69, 9.17) is 9.26 Å². The van der Waals surface area contributed by atoms with E-state index in [9.17, 15) is 0 Å². The Hall–Kier alpha value is -2.62. The second-order valence-corrected chi connectivity index (χ2v) is 8.49. The zero-order chi connectivity index (χ0) is 20.8. The molecule has 2 aromatic carbocycles. The van der Waals surface area contributed by atoms with E-state index >= 15 is 0 Å². The second kappa shape index (κ2) is 9.92. The molecule has 1 aliphatic rings. The highest BCUT2D eigenvalue weighted by atomic mass is 16.5. The SMILES string of the molecule is CCCCCC1CCC(c2ccc(-c3nc(-c4ccc(OC)cc4)no3)cc2)CC1. The van der Waals surface area contributed by atoms with Gasteiger partial charge in [-0.2, -0.15) is 4.98 Å². The molecule has 1 fully saturated rings. The number of rotatable bonds is 8. The largest absolute Gasteiger partial charge is 0.497 e. The van der Waals surface area contributed by atoms with E-state index in [1.54, 1.807) is 7.11 Å². The lowest BCUT2D eigenvalue weighted by Gasteiger charge is -2.29. The van der Waals surface area contributed by atoms with Gasteiger partial charge in [0.05, 0.1) is 7.11 Å². The predicted octanol–water partition coefficient (Wildman–Crippen LogP) is 7.27. The summed E-state index contributed by atoms with van der Waals surface area (Å²) in [5.41, 5.74) is 3.33. The van der Waals surface area contributed by atoms with Crippen LogP contribution in [0.25, 0.3) is 22.8 Å². The maximum absolute atomic E-state index is 5.52. The van der Waals surface area contributed by atoms with Gasteiger partial charge in [-0.25, -0.2) is 0 Å². The van der Waals surface area contributed by atoms with Crippen molar-refractivity contribution >= 4 is 0 Å². The summed E-state index contributed by atoms with van der Waals surface area (Å²) in [7, 11) is 1.66. The van der Waals surface area contributed by atoms with Crippen LogP contribution >= 0.6 is 0 Å². The Morgan fingerprint density at radius 2 is 1.60 bits per heavy atom. The number of aromatic nitrogens is 2. The molecular formula is C26H32N2O2. The van der Waals surface area contributed by atoms with Gasteiger partial charge in [0.15, 0.2) is 0 Å². The number of benzene rings is 2. The molecule has 0 bridgehead atoms. The van der Waals surface area contributed by atoms with Crippen LogP contribution < -0.4 is 4.74 Å². The minimum atomic E-state index is 0.562. The lowest BCUT2D eigenvalue weighted by molar-refractivity contribution is 0.303. The van der Waals surface area contributed by atoms with Crippen LogP contribution in [0.1, 0.15) is 69.8 Å². The first-order chi connectivity index (χ1) is 14.8. The van der Waals surface area contributed by atoms with Crippen LogP contribution in [0.3, 0.4) is 0 Å². The molecule has 1 aliphatic carbocycles. The van der Waals surface area contributed by atoms with E-state index in [1.807, 2.05) is 24.3 Å². The fourth-order valence-electron chi connectivity index (χ4n) is 4.56. The van der Waals surface area contributed by atoms with Gasteiger partial charge in [0, 0.05) is 11.1 Å². The van der Waals surface area contributed by atoms with Crippen LogP contribution in [0, 0.1) is 5.92 Å². The van der Waals surface area contributed by atoms with Crippen molar-refractivity contribution in [1.82, 2.24) is 10.1 Å². The molecule has 1 saturated carbocycles. The number of nitrogens with zero attached hydrogens (tertiary/aromatic N) is 2. The van der Waals surface area contributed by atoms with Crippen molar-refractivity contribution in [2.45, 2.75) is 64.2 Å². The average molecular weight is 405 g/mol. The number of hydrogen-bond acceptors (Lipinski definition) is 4. The molecule has 0 atom stereocenters. The molecule has 0 saturated heterocycles. The number of hydrogen-bond donors (Lipinski definition) is 0. The fraction of sp³-hybridized carbons (Fsp3) is 0.462. The van der Waals surface area contributed by atoms with Crippen molar-refractivity contribution < 1.29 is 9.26 Å². The maximum Gasteiger partial charge on any atom is 0.258 e. The molecular weight excluding hydrogens is 372 g/mol. The third-order valence-corrected chi connectivity index (χ3v) is 6.47. The monoisotopic (exact) mass is 404 g/mol. The Morgan fingerprint density at radius 1 is 0.900 bits per heavy atom. The highest BCUT2D eigenvalue weighted by Crippen LogP contribution is 2.38. The fourth-order valence-corrected chi connectivity index (χ4v) is 4.56. The molecule has 4 rings (SSSR count).